The van der Waals surface area contributed by atoms with Gasteiger partial charge in [0.2, 0.25) is 6.79 Å². The molecule has 6 nitrogen and oxygen atoms in total. The minimum absolute atomic E-state index is 0.000544. The van der Waals surface area contributed by atoms with Crippen LogP contribution in [0.2, 0.25) is 0 Å². The monoisotopic (exact) mass is 466 g/mol. The van der Waals surface area contributed by atoms with Gasteiger partial charge in [-0.05, 0) is 55.2 Å². The van der Waals surface area contributed by atoms with Crippen molar-refractivity contribution < 1.29 is 19.0 Å². The molecular weight excluding hydrogens is 440 g/mol. The first-order valence-corrected chi connectivity index (χ1v) is 12.0. The third-order valence-corrected chi connectivity index (χ3v) is 6.71. The van der Waals surface area contributed by atoms with Crippen molar-refractivity contribution >= 4 is 16.8 Å². The number of carbonyl (C=O) groups is 1. The van der Waals surface area contributed by atoms with Crippen LogP contribution in [0, 0.1) is 0 Å². The van der Waals surface area contributed by atoms with E-state index >= 15 is 0 Å². The number of para-hydroxylation sites is 1. The van der Waals surface area contributed by atoms with Crippen molar-refractivity contribution in [2.24, 2.45) is 0 Å². The summed E-state index contributed by atoms with van der Waals surface area (Å²) in [5.74, 6) is 1.30. The molecule has 1 aliphatic heterocycles. The lowest BCUT2D eigenvalue weighted by Gasteiger charge is -2.22. The lowest BCUT2D eigenvalue weighted by Crippen LogP contribution is -2.41. The fourth-order valence-corrected chi connectivity index (χ4v) is 4.88. The molecule has 2 atom stereocenters. The van der Waals surface area contributed by atoms with E-state index in [0.29, 0.717) is 17.9 Å². The van der Waals surface area contributed by atoms with Gasteiger partial charge in [0.15, 0.2) is 11.5 Å². The van der Waals surface area contributed by atoms with Gasteiger partial charge < -0.3 is 19.5 Å². The van der Waals surface area contributed by atoms with Gasteiger partial charge in [0, 0.05) is 10.9 Å². The average Bonchev–Trinajstić information content (AvgIpc) is 3.56. The Morgan fingerprint density at radius 2 is 1.77 bits per heavy atom. The molecule has 1 aliphatic carbocycles. The summed E-state index contributed by atoms with van der Waals surface area (Å²) in [5, 5.41) is 4.09. The highest BCUT2D eigenvalue weighted by atomic mass is 16.7. The maximum absolute atomic E-state index is 13.6. The SMILES string of the molecule is O=C(NC1CCC[C@@H]1OCc1ccccc1)c1cc(-c2ccc3c(c2)OCO3)nc2ccccc12. The molecule has 0 spiro atoms. The van der Waals surface area contributed by atoms with Crippen molar-refractivity contribution in [1.29, 1.82) is 0 Å². The predicted molar refractivity (Wildman–Crippen MR) is 133 cm³/mol. The minimum Gasteiger partial charge on any atom is -0.454 e. The molecule has 1 N–H and O–H groups in total. The van der Waals surface area contributed by atoms with Crippen LogP contribution in [-0.2, 0) is 11.3 Å². The molecule has 6 heteroatoms. The molecule has 6 rings (SSSR count). The van der Waals surface area contributed by atoms with E-state index in [9.17, 15) is 4.79 Å². The van der Waals surface area contributed by atoms with E-state index in [1.54, 1.807) is 0 Å². The highest BCUT2D eigenvalue weighted by Crippen LogP contribution is 2.36. The quantitative estimate of drug-likeness (QED) is 0.406. The van der Waals surface area contributed by atoms with Crippen molar-refractivity contribution in [3.05, 3.63) is 90.0 Å². The molecule has 176 valence electrons. The van der Waals surface area contributed by atoms with Crippen LogP contribution >= 0.6 is 0 Å². The second-order valence-corrected chi connectivity index (χ2v) is 8.99. The van der Waals surface area contributed by atoms with Crippen LogP contribution in [0.4, 0.5) is 0 Å². The second-order valence-electron chi connectivity index (χ2n) is 8.99. The van der Waals surface area contributed by atoms with Gasteiger partial charge >= 0.3 is 0 Å². The van der Waals surface area contributed by atoms with E-state index in [0.717, 1.165) is 52.7 Å². The molecule has 4 aromatic rings. The largest absolute Gasteiger partial charge is 0.454 e. The van der Waals surface area contributed by atoms with Crippen molar-refractivity contribution in [2.75, 3.05) is 6.79 Å². The number of rotatable bonds is 6. The third kappa shape index (κ3) is 4.45. The fraction of sp³-hybridized carbons (Fsp3) is 0.241. The van der Waals surface area contributed by atoms with Crippen molar-refractivity contribution in [3.63, 3.8) is 0 Å². The minimum atomic E-state index is -0.106. The van der Waals surface area contributed by atoms with Crippen LogP contribution in [0.15, 0.2) is 78.9 Å². The molecule has 1 aromatic heterocycles. The summed E-state index contributed by atoms with van der Waals surface area (Å²) >= 11 is 0. The van der Waals surface area contributed by atoms with Crippen LogP contribution in [0.1, 0.15) is 35.2 Å². The number of hydrogen-bond donors (Lipinski definition) is 1. The van der Waals surface area contributed by atoms with E-state index < -0.39 is 0 Å². The lowest BCUT2D eigenvalue weighted by molar-refractivity contribution is 0.0272. The lowest BCUT2D eigenvalue weighted by atomic mass is 10.0. The summed E-state index contributed by atoms with van der Waals surface area (Å²) in [6, 6.07) is 25.5. The first kappa shape index (κ1) is 21.6. The highest BCUT2D eigenvalue weighted by Gasteiger charge is 2.30. The maximum atomic E-state index is 13.6. The number of aromatic nitrogens is 1. The number of amides is 1. The number of nitrogens with zero attached hydrogens (tertiary/aromatic N) is 1. The summed E-state index contributed by atoms with van der Waals surface area (Å²) in [4.78, 5) is 18.4. The first-order valence-electron chi connectivity index (χ1n) is 12.0. The number of carbonyl (C=O) groups excluding carboxylic acids is 1. The van der Waals surface area contributed by atoms with E-state index in [2.05, 4.69) is 17.4 Å². The molecule has 0 saturated heterocycles. The molecule has 1 unspecified atom stereocenters. The van der Waals surface area contributed by atoms with Crippen molar-refractivity contribution in [1.82, 2.24) is 10.3 Å². The zero-order chi connectivity index (χ0) is 23.6. The van der Waals surface area contributed by atoms with Gasteiger partial charge in [0.25, 0.3) is 5.91 Å². The summed E-state index contributed by atoms with van der Waals surface area (Å²) in [6.07, 6.45) is 2.88. The molecular formula is C29H26N2O4. The van der Waals surface area contributed by atoms with E-state index in [4.69, 9.17) is 19.2 Å². The van der Waals surface area contributed by atoms with Crippen LogP contribution in [-0.4, -0.2) is 29.8 Å². The zero-order valence-electron chi connectivity index (χ0n) is 19.3. The van der Waals surface area contributed by atoms with E-state index in [1.165, 1.54) is 0 Å². The Morgan fingerprint density at radius 3 is 2.69 bits per heavy atom. The molecule has 0 bridgehead atoms. The maximum Gasteiger partial charge on any atom is 0.252 e. The zero-order valence-corrected chi connectivity index (χ0v) is 19.3. The summed E-state index contributed by atoms with van der Waals surface area (Å²) in [6.45, 7) is 0.761. The Bertz CT molecular complexity index is 1370. The molecule has 2 heterocycles. The molecule has 1 saturated carbocycles. The van der Waals surface area contributed by atoms with Gasteiger partial charge in [-0.3, -0.25) is 4.79 Å². The molecule has 3 aromatic carbocycles. The van der Waals surface area contributed by atoms with Crippen molar-refractivity contribution in [3.8, 4) is 22.8 Å². The number of fused-ring (bicyclic) bond motifs is 2. The van der Waals surface area contributed by atoms with E-state index in [-0.39, 0.29) is 24.8 Å². The number of hydrogen-bond acceptors (Lipinski definition) is 5. The highest BCUT2D eigenvalue weighted by molar-refractivity contribution is 6.07. The van der Waals surface area contributed by atoms with Crippen LogP contribution < -0.4 is 14.8 Å². The normalized spacial score (nSPS) is 18.6. The van der Waals surface area contributed by atoms with E-state index in [1.807, 2.05) is 66.7 Å². The number of ether oxygens (including phenoxy) is 3. The van der Waals surface area contributed by atoms with Gasteiger partial charge in [-0.1, -0.05) is 48.5 Å². The molecule has 0 radical (unpaired) electrons. The van der Waals surface area contributed by atoms with Gasteiger partial charge in [-0.15, -0.1) is 0 Å². The number of nitrogens with one attached hydrogen (secondary N) is 1. The second kappa shape index (κ2) is 9.39. The Morgan fingerprint density at radius 1 is 0.943 bits per heavy atom. The van der Waals surface area contributed by atoms with Gasteiger partial charge in [0.05, 0.1) is 35.5 Å². The van der Waals surface area contributed by atoms with Gasteiger partial charge in [-0.25, -0.2) is 4.98 Å². The summed E-state index contributed by atoms with van der Waals surface area (Å²) in [7, 11) is 0. The molecule has 1 amide bonds. The van der Waals surface area contributed by atoms with Crippen molar-refractivity contribution in [2.45, 2.75) is 38.0 Å². The number of benzene rings is 3. The third-order valence-electron chi connectivity index (χ3n) is 6.71. The number of pyridine rings is 1. The summed E-state index contributed by atoms with van der Waals surface area (Å²) in [5.41, 5.74) is 4.11. The van der Waals surface area contributed by atoms with Crippen LogP contribution in [0.5, 0.6) is 11.5 Å². The molecule has 35 heavy (non-hydrogen) atoms. The molecule has 2 aliphatic rings. The standard InChI is InChI=1S/C29H26N2O4/c32-29(31-24-11-6-12-26(24)33-17-19-7-2-1-3-8-19)22-16-25(30-23-10-5-4-9-21(22)23)20-13-14-27-28(15-20)35-18-34-27/h1-5,7-10,13-16,24,26H,6,11-12,17-18H2,(H,31,32)/t24?,26-/m0/s1. The smallest absolute Gasteiger partial charge is 0.252 e. The first-order chi connectivity index (χ1) is 17.2. The Labute approximate surface area is 203 Å². The van der Waals surface area contributed by atoms with Gasteiger partial charge in [0.1, 0.15) is 0 Å². The molecule has 1 fully saturated rings. The summed E-state index contributed by atoms with van der Waals surface area (Å²) < 4.78 is 17.2. The fourth-order valence-electron chi connectivity index (χ4n) is 4.88. The Kier molecular flexibility index (Phi) is 5.80. The van der Waals surface area contributed by atoms with Crippen LogP contribution in [0.25, 0.3) is 22.2 Å². The topological polar surface area (TPSA) is 69.7 Å². The predicted octanol–water partition coefficient (Wildman–Crippen LogP) is 5.50. The van der Waals surface area contributed by atoms with Gasteiger partial charge in [-0.2, -0.15) is 0 Å². The Hall–Kier alpha value is -3.90. The van der Waals surface area contributed by atoms with Crippen LogP contribution in [0.3, 0.4) is 0 Å². The average molecular weight is 467 g/mol. The Balaban J connectivity index is 1.26.